The van der Waals surface area contributed by atoms with E-state index >= 15 is 0 Å². The highest BCUT2D eigenvalue weighted by Gasteiger charge is 2.63. The molecule has 0 spiro atoms. The molecule has 3 aromatic heterocycles. The molecule has 6 fully saturated rings. The zero-order valence-corrected chi connectivity index (χ0v) is 75.0. The second-order valence-electron chi connectivity index (χ2n) is 34.7. The number of benzene rings is 2. The van der Waals surface area contributed by atoms with E-state index in [9.17, 15) is 57.8 Å². The third kappa shape index (κ3) is 24.5. The Hall–Kier alpha value is -8.99. The lowest BCUT2D eigenvalue weighted by atomic mass is 9.92. The summed E-state index contributed by atoms with van der Waals surface area (Å²) in [6, 6.07) is 10.9. The van der Waals surface area contributed by atoms with Gasteiger partial charge in [0.05, 0.1) is 42.3 Å². The van der Waals surface area contributed by atoms with Crippen molar-refractivity contribution in [2.75, 3.05) is 43.4 Å². The number of nitrogens with zero attached hydrogens (tertiary/aromatic N) is 5. The average Bonchev–Trinajstić information content (AvgIpc) is 1.58. The van der Waals surface area contributed by atoms with Crippen LogP contribution in [-0.2, 0) is 52.6 Å². The predicted octanol–water partition coefficient (Wildman–Crippen LogP) is 13.6. The number of carbonyl (C=O) groups excluding carboxylic acids is 10. The Morgan fingerprint density at radius 3 is 1.58 bits per heavy atom. The number of para-hydroxylation sites is 2. The number of allylic oxidation sites excluding steroid dienone is 2. The van der Waals surface area contributed by atoms with Crippen molar-refractivity contribution in [2.45, 2.75) is 265 Å². The zero-order chi connectivity index (χ0) is 87.1. The summed E-state index contributed by atoms with van der Waals surface area (Å²) in [6.45, 7) is 12.0. The van der Waals surface area contributed by atoms with Gasteiger partial charge in [-0.3, -0.25) is 33.6 Å². The number of ketones is 1. The standard InChI is InChI=1S/C43H54N6O8S2.C37H45BrN4O8S.C7H14N2OS/c1-42(2,3)22-35(50)47-40-45-31(24-59-40)30-20-33(28-16-12-18-34(58-4)36(28)44-30)56-27-19-32-37(51)48-43(39(53)54)21-25(43)13-8-6-5-7-9-17-29(38(52)49(32)23-27)46-41(55)57-26-14-10-11-15-26;1-48-35(46)37-19-22(37)11-6-4-3-5-7-15-26(40-36(47)50-23-12-8-9-13-23)34(45)42-21-24(17-28(42)33(44)41-37)49-30-18-27(29(43)20-38)39-32-25(30)14-10-16-31(32)51-2;1-7(2,3)4-5(10)9-6(8)11/h8,12-13,16,18,20,24-27,29,32H,5-7,9-11,14-15,17,19,21-23H2,1-4H3,(H,46,55)(H,48,51)(H,53,54)(H,45,47,50);6,10-11,14,16,18,22-24,26,28H,3-5,7-9,12-13,15,17,19-21H2,1-2H3,(H,40,47)(H,41,44);4H2,1-3H3,(H3,8,9,10,11)/b13-8-;11-6-;/t25?,27-,29+,32+,43-;22?,24-,26+,28+,37-;/m11./s1. The summed E-state index contributed by atoms with van der Waals surface area (Å²) in [5.41, 5.74) is 4.81. The molecule has 0 bridgehead atoms. The number of pyridine rings is 2. The van der Waals surface area contributed by atoms with Gasteiger partial charge in [-0.1, -0.05) is 120 Å². The number of aliphatic carboxylic acids is 1. The summed E-state index contributed by atoms with van der Waals surface area (Å²) < 4.78 is 29.9. The van der Waals surface area contributed by atoms with Crippen LogP contribution in [0.5, 0.6) is 11.5 Å². The topological polar surface area (TPSA) is 397 Å². The third-order valence-electron chi connectivity index (χ3n) is 22.8. The van der Waals surface area contributed by atoms with Gasteiger partial charge < -0.3 is 76.2 Å². The number of thiocarbonyl (C=S) groups is 1. The normalized spacial score (nSPS) is 25.3. The van der Waals surface area contributed by atoms with Gasteiger partial charge in [0, 0.05) is 75.6 Å². The monoisotopic (exact) mass is 1800 g/mol. The Balaban J connectivity index is 0.000000212. The number of esters is 1. The SMILES string of the molecule is CC(C)(C)CC(=O)NC(N)=S.COC(=O)[C@@]12CC1/C=C\CCCCC[C@H](NC(=O)OC1CCCC1)C(=O)N1C[C@H](Oc3cc(C(=O)CBr)nc4c(SC)cccc34)C[C@H]1C(=O)N2.CSc1cccc2c(O[C@@H]3C[C@H]4C(=O)N[C@]5(C(=O)O)CC5/C=C\CCCCC[C@H](NC(=O)OC5CCCC5)C(=O)N4C3)cc(-c3csc(NC(=O)CC(C)(C)C)n3)nc12. The first-order chi connectivity index (χ1) is 57.7. The Morgan fingerprint density at radius 2 is 1.10 bits per heavy atom. The molecule has 13 rings (SSSR count). The van der Waals surface area contributed by atoms with Crippen molar-refractivity contribution >= 4 is 160 Å². The number of anilines is 1. The van der Waals surface area contributed by atoms with Gasteiger partial charge in [0.1, 0.15) is 82.5 Å². The maximum absolute atomic E-state index is 14.6. The lowest BCUT2D eigenvalue weighted by Gasteiger charge is -2.29. The number of nitrogens with two attached hydrogens (primary N) is 1. The van der Waals surface area contributed by atoms with Crippen LogP contribution in [0.25, 0.3) is 33.2 Å². The zero-order valence-electron chi connectivity index (χ0n) is 70.2. The van der Waals surface area contributed by atoms with Crippen molar-refractivity contribution in [3.8, 4) is 22.9 Å². The number of fused-ring (bicyclic) bond motifs is 6. The van der Waals surface area contributed by atoms with Crippen LogP contribution < -0.4 is 47.1 Å². The smallest absolute Gasteiger partial charge is 0.408 e. The van der Waals surface area contributed by atoms with Crippen LogP contribution >= 0.6 is 63.0 Å². The quantitative estimate of drug-likeness (QED) is 0.00768. The fourth-order valence-electron chi connectivity index (χ4n) is 16.5. The number of thiazole rings is 1. The molecule has 4 saturated carbocycles. The van der Waals surface area contributed by atoms with E-state index in [1.807, 2.05) is 120 Å². The van der Waals surface area contributed by atoms with Gasteiger partial charge in [0.2, 0.25) is 35.4 Å². The van der Waals surface area contributed by atoms with E-state index in [-0.39, 0.29) is 101 Å². The summed E-state index contributed by atoms with van der Waals surface area (Å²) in [5, 5.41) is 30.8. The molecule has 121 heavy (non-hydrogen) atoms. The van der Waals surface area contributed by atoms with Gasteiger partial charge in [-0.05, 0) is 163 Å². The van der Waals surface area contributed by atoms with Gasteiger partial charge in [-0.15, -0.1) is 34.9 Å². The number of halogens is 1. The van der Waals surface area contributed by atoms with Gasteiger partial charge in [-0.2, -0.15) is 0 Å². The molecule has 9 N–H and O–H groups in total. The number of hydrogen-bond donors (Lipinski definition) is 8. The van der Waals surface area contributed by atoms with Gasteiger partial charge >= 0.3 is 24.1 Å². The number of nitrogens with one attached hydrogen (secondary N) is 6. The highest BCUT2D eigenvalue weighted by Crippen LogP contribution is 2.48. The lowest BCUT2D eigenvalue weighted by Crippen LogP contribution is -2.56. The number of alkyl carbamates (subject to hydrolysis) is 2. The van der Waals surface area contributed by atoms with Crippen molar-refractivity contribution < 1.29 is 81.5 Å². The molecular formula is C87H113BrN12O17S4. The first-order valence-corrected chi connectivity index (χ1v) is 46.6. The lowest BCUT2D eigenvalue weighted by molar-refractivity contribution is -0.148. The van der Waals surface area contributed by atoms with Gasteiger partial charge in [0.15, 0.2) is 16.0 Å². The van der Waals surface area contributed by atoms with Crippen molar-refractivity contribution in [2.24, 2.45) is 28.4 Å². The van der Waals surface area contributed by atoms with E-state index in [4.69, 9.17) is 39.4 Å². The summed E-state index contributed by atoms with van der Waals surface area (Å²) in [4.78, 5) is 165. The Kier molecular flexibility index (Phi) is 31.8. The van der Waals surface area contributed by atoms with Crippen LogP contribution in [0.15, 0.2) is 88.0 Å². The van der Waals surface area contributed by atoms with Crippen LogP contribution in [0.3, 0.4) is 0 Å². The molecule has 8 aliphatic rings. The number of alkyl halides is 1. The summed E-state index contributed by atoms with van der Waals surface area (Å²) in [7, 11) is 1.30. The number of carbonyl (C=O) groups is 11. The molecule has 4 aliphatic carbocycles. The fourth-order valence-corrected chi connectivity index (χ4v) is 18.7. The van der Waals surface area contributed by atoms with E-state index in [2.05, 4.69) is 65.0 Å². The number of methoxy groups -OCH3 is 1. The van der Waals surface area contributed by atoms with Gasteiger partial charge in [-0.25, -0.2) is 34.1 Å². The largest absolute Gasteiger partial charge is 0.488 e. The minimum absolute atomic E-state index is 0.0121. The van der Waals surface area contributed by atoms with E-state index in [0.29, 0.717) is 89.4 Å². The predicted molar refractivity (Wildman–Crippen MR) is 470 cm³/mol. The number of carboxylic acid groups (broad SMARTS) is 1. The van der Waals surface area contributed by atoms with Crippen LogP contribution in [0.4, 0.5) is 14.7 Å². The van der Waals surface area contributed by atoms with Crippen LogP contribution in [0.2, 0.25) is 0 Å². The molecule has 5 aromatic rings. The van der Waals surface area contributed by atoms with E-state index < -0.39 is 95.2 Å². The number of amides is 8. The number of ether oxygens (including phenoxy) is 5. The minimum atomic E-state index is -1.47. The molecule has 29 nitrogen and oxygen atoms in total. The van der Waals surface area contributed by atoms with E-state index in [1.165, 1.54) is 51.8 Å². The maximum atomic E-state index is 14.6. The molecule has 4 aliphatic heterocycles. The summed E-state index contributed by atoms with van der Waals surface area (Å²) >= 11 is 12.1. The molecule has 654 valence electrons. The van der Waals surface area contributed by atoms with Crippen molar-refractivity contribution in [1.29, 1.82) is 0 Å². The summed E-state index contributed by atoms with van der Waals surface area (Å²) in [6.07, 6.45) is 24.3. The number of thioether (sulfide) groups is 2. The Morgan fingerprint density at radius 1 is 0.628 bits per heavy atom. The average molecular weight is 1810 g/mol. The van der Waals surface area contributed by atoms with Gasteiger partial charge in [0.25, 0.3) is 0 Å². The van der Waals surface area contributed by atoms with E-state index in [0.717, 1.165) is 105 Å². The molecular weight excluding hydrogens is 1690 g/mol. The Bertz CT molecular complexity index is 4730. The number of Topliss-reactive ketones (excluding diaryl/α,β-unsaturated/α-hetero) is 1. The van der Waals surface area contributed by atoms with Crippen LogP contribution in [0.1, 0.15) is 206 Å². The number of hydrogen-bond acceptors (Lipinski definition) is 23. The number of aromatic nitrogens is 3. The van der Waals surface area contributed by atoms with Crippen molar-refractivity contribution in [1.82, 2.24) is 51.3 Å². The molecule has 34 heteroatoms. The third-order valence-corrected chi connectivity index (χ3v) is 25.7. The molecule has 10 atom stereocenters. The first kappa shape index (κ1) is 92.7. The van der Waals surface area contributed by atoms with Crippen molar-refractivity contribution in [3.63, 3.8) is 0 Å². The second kappa shape index (κ2) is 41.5. The highest BCUT2D eigenvalue weighted by molar-refractivity contribution is 9.09. The molecule has 8 amide bonds. The maximum Gasteiger partial charge on any atom is 0.408 e. The number of carboxylic acids is 1. The molecule has 2 aromatic carbocycles. The second-order valence-corrected chi connectivity index (χ2v) is 38.3. The molecule has 0 radical (unpaired) electrons. The van der Waals surface area contributed by atoms with Crippen LogP contribution in [-0.4, -0.2) is 198 Å². The Labute approximate surface area is 732 Å². The van der Waals surface area contributed by atoms with Crippen LogP contribution in [0, 0.1) is 22.7 Å². The number of rotatable bonds is 18. The van der Waals surface area contributed by atoms with Crippen molar-refractivity contribution in [3.05, 3.63) is 83.9 Å². The van der Waals surface area contributed by atoms with E-state index in [1.54, 1.807) is 12.1 Å². The molecule has 7 heterocycles. The first-order valence-electron chi connectivity index (χ1n) is 41.8. The fraction of sp³-hybridized carbons (Fsp3) is 0.575. The minimum Gasteiger partial charge on any atom is -0.488 e. The highest BCUT2D eigenvalue weighted by atomic mass is 79.9. The molecule has 2 saturated heterocycles. The molecule has 2 unspecified atom stereocenters. The summed E-state index contributed by atoms with van der Waals surface area (Å²) in [5.74, 6) is -3.79.